The first-order chi connectivity index (χ1) is 13.4. The molecule has 1 atom stereocenters. The van der Waals surface area contributed by atoms with E-state index < -0.39 is 0 Å². The molecule has 0 saturated carbocycles. The number of nitrogens with one attached hydrogen (secondary N) is 1. The molecule has 2 aromatic rings. The third kappa shape index (κ3) is 8.22. The molecular weight excluding hydrogens is 479 g/mol. The Bertz CT molecular complexity index is 744. The van der Waals surface area contributed by atoms with Crippen LogP contribution in [0.5, 0.6) is 5.75 Å². The number of hydrogen-bond acceptors (Lipinski definition) is 4. The molecule has 0 spiro atoms. The lowest BCUT2D eigenvalue weighted by Crippen LogP contribution is -2.41. The Morgan fingerprint density at radius 2 is 1.93 bits per heavy atom. The average molecular weight is 514 g/mol. The van der Waals surface area contributed by atoms with Gasteiger partial charge in [0.05, 0.1) is 25.3 Å². The molecular formula is C21H35IN6O. The van der Waals surface area contributed by atoms with Gasteiger partial charge in [-0.05, 0) is 40.1 Å². The number of aliphatic imine (C=N–C) groups is 1. The number of hydrogen-bond donors (Lipinski definition) is 1. The van der Waals surface area contributed by atoms with Crippen molar-refractivity contribution in [2.45, 2.75) is 19.9 Å². The van der Waals surface area contributed by atoms with Crippen LogP contribution >= 0.6 is 24.0 Å². The van der Waals surface area contributed by atoms with E-state index in [2.05, 4.69) is 60.3 Å². The number of halogens is 1. The molecule has 0 aliphatic heterocycles. The van der Waals surface area contributed by atoms with E-state index in [1.807, 2.05) is 43.3 Å². The first kappa shape index (κ1) is 25.2. The number of ether oxygens (including phenoxy) is 1. The summed E-state index contributed by atoms with van der Waals surface area (Å²) >= 11 is 0. The molecule has 0 radical (unpaired) electrons. The second kappa shape index (κ2) is 12.7. The third-order valence-corrected chi connectivity index (χ3v) is 4.56. The van der Waals surface area contributed by atoms with Crippen molar-refractivity contribution in [3.05, 3.63) is 47.8 Å². The van der Waals surface area contributed by atoms with Gasteiger partial charge in [0.15, 0.2) is 5.96 Å². The number of benzene rings is 1. The summed E-state index contributed by atoms with van der Waals surface area (Å²) < 4.78 is 7.68. The average Bonchev–Trinajstić information content (AvgIpc) is 3.08. The summed E-state index contributed by atoms with van der Waals surface area (Å²) in [6.45, 7) is 6.98. The Balaban J connectivity index is 0.00000420. The first-order valence-electron chi connectivity index (χ1n) is 9.74. The second-order valence-electron chi connectivity index (χ2n) is 7.20. The Morgan fingerprint density at radius 1 is 1.24 bits per heavy atom. The molecule has 0 saturated heterocycles. The van der Waals surface area contributed by atoms with Crippen LogP contribution in [-0.4, -0.2) is 72.9 Å². The van der Waals surface area contributed by atoms with E-state index in [0.29, 0.717) is 13.2 Å². The number of aromatic nitrogens is 2. The molecule has 1 unspecified atom stereocenters. The SMILES string of the molecule is CCNC(=NCC(c1cnn(C)c1)N(C)C)N(C)CCOc1ccc(C)cc1.I. The van der Waals surface area contributed by atoms with Gasteiger partial charge in [0, 0.05) is 32.4 Å². The molecule has 1 aromatic carbocycles. The molecule has 162 valence electrons. The molecule has 1 heterocycles. The summed E-state index contributed by atoms with van der Waals surface area (Å²) in [6, 6.07) is 8.31. The van der Waals surface area contributed by atoms with E-state index in [1.165, 1.54) is 5.56 Å². The molecule has 1 aromatic heterocycles. The minimum Gasteiger partial charge on any atom is -0.492 e. The lowest BCUT2D eigenvalue weighted by atomic mass is 10.1. The molecule has 29 heavy (non-hydrogen) atoms. The molecule has 8 heteroatoms. The first-order valence-corrected chi connectivity index (χ1v) is 9.74. The zero-order valence-corrected chi connectivity index (χ0v) is 20.8. The number of likely N-dealkylation sites (N-methyl/N-ethyl adjacent to an activating group) is 2. The Morgan fingerprint density at radius 3 is 2.48 bits per heavy atom. The Kier molecular flexibility index (Phi) is 11.0. The van der Waals surface area contributed by atoms with Gasteiger partial charge < -0.3 is 19.9 Å². The number of rotatable bonds is 9. The van der Waals surface area contributed by atoms with Crippen LogP contribution in [0.4, 0.5) is 0 Å². The number of aryl methyl sites for hydroxylation is 2. The highest BCUT2D eigenvalue weighted by molar-refractivity contribution is 14.0. The molecule has 2 rings (SSSR count). The summed E-state index contributed by atoms with van der Waals surface area (Å²) in [6.07, 6.45) is 3.96. The van der Waals surface area contributed by atoms with E-state index in [-0.39, 0.29) is 30.0 Å². The molecule has 0 amide bonds. The lowest BCUT2D eigenvalue weighted by Gasteiger charge is -2.25. The van der Waals surface area contributed by atoms with Gasteiger partial charge in [-0.25, -0.2) is 0 Å². The van der Waals surface area contributed by atoms with Gasteiger partial charge in [-0.15, -0.1) is 24.0 Å². The van der Waals surface area contributed by atoms with Crippen LogP contribution in [0.15, 0.2) is 41.7 Å². The predicted molar refractivity (Wildman–Crippen MR) is 130 cm³/mol. The molecule has 0 aliphatic carbocycles. The van der Waals surface area contributed by atoms with Crippen molar-refractivity contribution in [3.63, 3.8) is 0 Å². The summed E-state index contributed by atoms with van der Waals surface area (Å²) in [7, 11) is 8.11. The van der Waals surface area contributed by atoms with E-state index >= 15 is 0 Å². The zero-order valence-electron chi connectivity index (χ0n) is 18.4. The molecule has 0 fully saturated rings. The van der Waals surface area contributed by atoms with Crippen LogP contribution in [0.1, 0.15) is 24.1 Å². The standard InChI is InChI=1S/C21H34N6O.HI/c1-7-22-21(23-15-20(25(3)4)18-14-24-27(6)16-18)26(5)12-13-28-19-10-8-17(2)9-11-19;/h8-11,14,16,20H,7,12-13,15H2,1-6H3,(H,22,23);1H. The summed E-state index contributed by atoms with van der Waals surface area (Å²) in [4.78, 5) is 9.13. The second-order valence-corrected chi connectivity index (χ2v) is 7.20. The Labute approximate surface area is 192 Å². The lowest BCUT2D eigenvalue weighted by molar-refractivity contribution is 0.279. The highest BCUT2D eigenvalue weighted by Crippen LogP contribution is 2.17. The van der Waals surface area contributed by atoms with E-state index in [4.69, 9.17) is 9.73 Å². The smallest absolute Gasteiger partial charge is 0.193 e. The van der Waals surface area contributed by atoms with Crippen molar-refractivity contribution in [3.8, 4) is 5.75 Å². The van der Waals surface area contributed by atoms with Crippen LogP contribution in [0.2, 0.25) is 0 Å². The molecule has 0 bridgehead atoms. The van der Waals surface area contributed by atoms with Crippen molar-refractivity contribution in [2.24, 2.45) is 12.0 Å². The van der Waals surface area contributed by atoms with Crippen molar-refractivity contribution in [1.29, 1.82) is 0 Å². The largest absolute Gasteiger partial charge is 0.492 e. The van der Waals surface area contributed by atoms with Crippen LogP contribution in [0.3, 0.4) is 0 Å². The Hall–Kier alpha value is -1.81. The van der Waals surface area contributed by atoms with Gasteiger partial charge in [-0.1, -0.05) is 17.7 Å². The van der Waals surface area contributed by atoms with Gasteiger partial charge in [-0.2, -0.15) is 5.10 Å². The number of nitrogens with zero attached hydrogens (tertiary/aromatic N) is 5. The minimum absolute atomic E-state index is 0. The van der Waals surface area contributed by atoms with Crippen LogP contribution in [0.25, 0.3) is 0 Å². The highest BCUT2D eigenvalue weighted by Gasteiger charge is 2.16. The summed E-state index contributed by atoms with van der Waals surface area (Å²) in [5.74, 6) is 1.77. The number of guanidine groups is 1. The predicted octanol–water partition coefficient (Wildman–Crippen LogP) is 2.93. The van der Waals surface area contributed by atoms with E-state index in [9.17, 15) is 0 Å². The fourth-order valence-electron chi connectivity index (χ4n) is 2.86. The maximum absolute atomic E-state index is 5.85. The van der Waals surface area contributed by atoms with Crippen molar-refractivity contribution < 1.29 is 4.74 Å². The van der Waals surface area contributed by atoms with Crippen molar-refractivity contribution >= 4 is 29.9 Å². The van der Waals surface area contributed by atoms with Gasteiger partial charge in [0.1, 0.15) is 12.4 Å². The summed E-state index contributed by atoms with van der Waals surface area (Å²) in [5.41, 5.74) is 2.40. The normalized spacial score (nSPS) is 12.4. The fourth-order valence-corrected chi connectivity index (χ4v) is 2.86. The topological polar surface area (TPSA) is 57.9 Å². The van der Waals surface area contributed by atoms with E-state index in [0.717, 1.165) is 30.4 Å². The van der Waals surface area contributed by atoms with Gasteiger partial charge in [0.25, 0.3) is 0 Å². The zero-order chi connectivity index (χ0) is 20.5. The van der Waals surface area contributed by atoms with Gasteiger partial charge >= 0.3 is 0 Å². The quantitative estimate of drug-likeness (QED) is 0.317. The van der Waals surface area contributed by atoms with Gasteiger partial charge in [-0.3, -0.25) is 9.67 Å². The van der Waals surface area contributed by atoms with Gasteiger partial charge in [0.2, 0.25) is 0 Å². The van der Waals surface area contributed by atoms with Crippen molar-refractivity contribution in [1.82, 2.24) is 24.9 Å². The third-order valence-electron chi connectivity index (χ3n) is 4.56. The maximum atomic E-state index is 5.85. The minimum atomic E-state index is 0. The fraction of sp³-hybridized carbons (Fsp3) is 0.524. The summed E-state index contributed by atoms with van der Waals surface area (Å²) in [5, 5.41) is 7.66. The monoisotopic (exact) mass is 514 g/mol. The molecule has 7 nitrogen and oxygen atoms in total. The van der Waals surface area contributed by atoms with Crippen LogP contribution < -0.4 is 10.1 Å². The molecule has 0 aliphatic rings. The van der Waals surface area contributed by atoms with Crippen molar-refractivity contribution in [2.75, 3.05) is 47.4 Å². The molecule has 1 N–H and O–H groups in total. The van der Waals surface area contributed by atoms with Crippen LogP contribution in [-0.2, 0) is 7.05 Å². The highest BCUT2D eigenvalue weighted by atomic mass is 127. The van der Waals surface area contributed by atoms with Crippen LogP contribution in [0, 0.1) is 6.92 Å². The maximum Gasteiger partial charge on any atom is 0.193 e. The van der Waals surface area contributed by atoms with E-state index in [1.54, 1.807) is 0 Å².